The number of methoxy groups -OCH3 is 2. The number of carbonyl (C=O) groups excluding carboxylic acids is 3. The standard InChI is InChI=1S/C18H23NO7/c1-11(14(17(23)25-2)18(24)26-3)15(16(21)22)19-13(20)10-9-12-7-5-4-6-8-12/h4-8,11,14-15H,9-10H2,1-3H3,(H,19,20)(H,21,22)/t11-,15+/m0/s1. The summed E-state index contributed by atoms with van der Waals surface area (Å²) in [7, 11) is 2.17. The van der Waals surface area contributed by atoms with Crippen LogP contribution in [-0.2, 0) is 35.1 Å². The monoisotopic (exact) mass is 365 g/mol. The van der Waals surface area contributed by atoms with Gasteiger partial charge in [-0.2, -0.15) is 0 Å². The van der Waals surface area contributed by atoms with Crippen LogP contribution in [-0.4, -0.2) is 49.2 Å². The second-order valence-electron chi connectivity index (χ2n) is 5.75. The second-order valence-corrected chi connectivity index (χ2v) is 5.75. The average Bonchev–Trinajstić information content (AvgIpc) is 2.64. The molecule has 0 saturated carbocycles. The molecule has 0 unspecified atom stereocenters. The first-order valence-corrected chi connectivity index (χ1v) is 8.03. The van der Waals surface area contributed by atoms with Crippen molar-refractivity contribution in [2.45, 2.75) is 25.8 Å². The predicted molar refractivity (Wildman–Crippen MR) is 91.0 cm³/mol. The van der Waals surface area contributed by atoms with Gasteiger partial charge in [0.2, 0.25) is 5.91 Å². The molecule has 1 rings (SSSR count). The zero-order chi connectivity index (χ0) is 19.7. The number of carboxylic acids is 1. The van der Waals surface area contributed by atoms with Crippen molar-refractivity contribution in [2.24, 2.45) is 11.8 Å². The smallest absolute Gasteiger partial charge is 0.326 e. The van der Waals surface area contributed by atoms with Crippen LogP contribution in [0.5, 0.6) is 0 Å². The molecule has 0 aliphatic rings. The Morgan fingerprint density at radius 1 is 1.04 bits per heavy atom. The lowest BCUT2D eigenvalue weighted by Gasteiger charge is -2.26. The lowest BCUT2D eigenvalue weighted by atomic mass is 9.87. The van der Waals surface area contributed by atoms with Crippen molar-refractivity contribution in [3.8, 4) is 0 Å². The first kappa shape index (κ1) is 21.1. The highest BCUT2D eigenvalue weighted by atomic mass is 16.5. The molecule has 2 N–H and O–H groups in total. The maximum atomic E-state index is 12.1. The zero-order valence-corrected chi connectivity index (χ0v) is 14.9. The number of benzene rings is 1. The van der Waals surface area contributed by atoms with Gasteiger partial charge in [0.1, 0.15) is 6.04 Å². The molecule has 1 amide bonds. The molecule has 0 bridgehead atoms. The number of nitrogens with one attached hydrogen (secondary N) is 1. The largest absolute Gasteiger partial charge is 0.480 e. The van der Waals surface area contributed by atoms with E-state index in [-0.39, 0.29) is 6.42 Å². The van der Waals surface area contributed by atoms with E-state index in [1.54, 1.807) is 0 Å². The van der Waals surface area contributed by atoms with Gasteiger partial charge in [-0.3, -0.25) is 14.4 Å². The Labute approximate surface area is 151 Å². The number of hydrogen-bond donors (Lipinski definition) is 2. The molecule has 8 nitrogen and oxygen atoms in total. The summed E-state index contributed by atoms with van der Waals surface area (Å²) < 4.78 is 9.10. The van der Waals surface area contributed by atoms with E-state index in [2.05, 4.69) is 14.8 Å². The van der Waals surface area contributed by atoms with E-state index in [0.717, 1.165) is 19.8 Å². The Morgan fingerprint density at radius 3 is 2.04 bits per heavy atom. The third kappa shape index (κ3) is 5.87. The molecule has 0 aromatic heterocycles. The van der Waals surface area contributed by atoms with Crippen molar-refractivity contribution >= 4 is 23.8 Å². The van der Waals surface area contributed by atoms with Crippen LogP contribution in [0.1, 0.15) is 18.9 Å². The topological polar surface area (TPSA) is 119 Å². The van der Waals surface area contributed by atoms with Crippen LogP contribution in [0, 0.1) is 11.8 Å². The first-order valence-electron chi connectivity index (χ1n) is 8.03. The minimum absolute atomic E-state index is 0.0711. The molecule has 142 valence electrons. The fourth-order valence-electron chi connectivity index (χ4n) is 2.54. The van der Waals surface area contributed by atoms with Crippen molar-refractivity contribution in [2.75, 3.05) is 14.2 Å². The van der Waals surface area contributed by atoms with E-state index in [4.69, 9.17) is 0 Å². The average molecular weight is 365 g/mol. The minimum Gasteiger partial charge on any atom is -0.480 e. The lowest BCUT2D eigenvalue weighted by molar-refractivity contribution is -0.163. The molecule has 8 heteroatoms. The molecule has 2 atom stereocenters. The number of carbonyl (C=O) groups is 4. The van der Waals surface area contributed by atoms with Gasteiger partial charge < -0.3 is 19.9 Å². The predicted octanol–water partition coefficient (Wildman–Crippen LogP) is 0.787. The summed E-state index contributed by atoms with van der Waals surface area (Å²) in [6, 6.07) is 7.80. The van der Waals surface area contributed by atoms with Crippen LogP contribution in [0.4, 0.5) is 0 Å². The highest BCUT2D eigenvalue weighted by Gasteiger charge is 2.41. The molecule has 1 aromatic carbocycles. The first-order chi connectivity index (χ1) is 12.3. The molecule has 0 fully saturated rings. The van der Waals surface area contributed by atoms with Gasteiger partial charge in [-0.25, -0.2) is 4.79 Å². The summed E-state index contributed by atoms with van der Waals surface area (Å²) in [6.45, 7) is 1.37. The summed E-state index contributed by atoms with van der Waals surface area (Å²) in [5.41, 5.74) is 0.935. The zero-order valence-electron chi connectivity index (χ0n) is 14.9. The van der Waals surface area contributed by atoms with Gasteiger partial charge in [0.25, 0.3) is 0 Å². The van der Waals surface area contributed by atoms with Crippen LogP contribution >= 0.6 is 0 Å². The quantitative estimate of drug-likeness (QED) is 0.490. The van der Waals surface area contributed by atoms with Gasteiger partial charge in [-0.05, 0) is 12.0 Å². The molecule has 26 heavy (non-hydrogen) atoms. The number of carboxylic acid groups (broad SMARTS) is 1. The molecule has 0 aliphatic carbocycles. The minimum atomic E-state index is -1.46. The van der Waals surface area contributed by atoms with Crippen molar-refractivity contribution in [1.29, 1.82) is 0 Å². The normalized spacial score (nSPS) is 12.8. The van der Waals surface area contributed by atoms with Crippen molar-refractivity contribution < 1.29 is 33.8 Å². The maximum Gasteiger partial charge on any atom is 0.326 e. The lowest BCUT2D eigenvalue weighted by Crippen LogP contribution is -2.50. The van der Waals surface area contributed by atoms with Crippen LogP contribution in [0.15, 0.2) is 30.3 Å². The van der Waals surface area contributed by atoms with Crippen molar-refractivity contribution in [1.82, 2.24) is 5.32 Å². The van der Waals surface area contributed by atoms with Gasteiger partial charge in [0, 0.05) is 12.3 Å². The molecule has 0 radical (unpaired) electrons. The van der Waals surface area contributed by atoms with Crippen molar-refractivity contribution in [3.63, 3.8) is 0 Å². The number of aliphatic carboxylic acids is 1. The number of hydrogen-bond acceptors (Lipinski definition) is 6. The van der Waals surface area contributed by atoms with E-state index in [9.17, 15) is 24.3 Å². The van der Waals surface area contributed by atoms with Crippen LogP contribution in [0.25, 0.3) is 0 Å². The molecule has 0 spiro atoms. The summed E-state index contributed by atoms with van der Waals surface area (Å²) in [5.74, 6) is -6.22. The summed E-state index contributed by atoms with van der Waals surface area (Å²) in [6.07, 6.45) is 0.506. The third-order valence-corrected chi connectivity index (χ3v) is 4.03. The number of esters is 2. The SMILES string of the molecule is COC(=O)C(C(=O)OC)[C@H](C)[C@@H](NC(=O)CCc1ccccc1)C(=O)O. The number of amides is 1. The highest BCUT2D eigenvalue weighted by molar-refractivity contribution is 5.96. The Balaban J connectivity index is 2.82. The highest BCUT2D eigenvalue weighted by Crippen LogP contribution is 2.20. The van der Waals surface area contributed by atoms with Gasteiger partial charge in [-0.1, -0.05) is 37.3 Å². The van der Waals surface area contributed by atoms with Gasteiger partial charge >= 0.3 is 17.9 Å². The van der Waals surface area contributed by atoms with E-state index < -0.39 is 41.7 Å². The number of rotatable bonds is 9. The number of aryl methyl sites for hydroxylation is 1. The van der Waals surface area contributed by atoms with E-state index in [1.165, 1.54) is 6.92 Å². The maximum absolute atomic E-state index is 12.1. The Bertz CT molecular complexity index is 628. The summed E-state index contributed by atoms with van der Waals surface area (Å²) in [4.78, 5) is 47.4. The van der Waals surface area contributed by atoms with Gasteiger partial charge in [0.15, 0.2) is 5.92 Å². The third-order valence-electron chi connectivity index (χ3n) is 4.03. The fraction of sp³-hybridized carbons (Fsp3) is 0.444. The second kappa shape index (κ2) is 10.2. The summed E-state index contributed by atoms with van der Waals surface area (Å²) >= 11 is 0. The van der Waals surface area contributed by atoms with Crippen molar-refractivity contribution in [3.05, 3.63) is 35.9 Å². The van der Waals surface area contributed by atoms with Crippen LogP contribution in [0.2, 0.25) is 0 Å². The molecule has 1 aromatic rings. The molecule has 0 heterocycles. The van der Waals surface area contributed by atoms with E-state index >= 15 is 0 Å². The van der Waals surface area contributed by atoms with Crippen LogP contribution < -0.4 is 5.32 Å². The Hall–Kier alpha value is -2.90. The Morgan fingerprint density at radius 2 is 1.58 bits per heavy atom. The molecule has 0 saturated heterocycles. The van der Waals surface area contributed by atoms with E-state index in [1.807, 2.05) is 30.3 Å². The van der Waals surface area contributed by atoms with Crippen LogP contribution in [0.3, 0.4) is 0 Å². The van der Waals surface area contributed by atoms with Gasteiger partial charge in [0.05, 0.1) is 14.2 Å². The molecule has 0 aliphatic heterocycles. The fourth-order valence-corrected chi connectivity index (χ4v) is 2.54. The summed E-state index contributed by atoms with van der Waals surface area (Å²) in [5, 5.41) is 11.8. The van der Waals surface area contributed by atoms with Gasteiger partial charge in [-0.15, -0.1) is 0 Å². The van der Waals surface area contributed by atoms with E-state index in [0.29, 0.717) is 6.42 Å². The molecular weight excluding hydrogens is 342 g/mol. The molecular formula is C18H23NO7. The number of ether oxygens (including phenoxy) is 2. The Kier molecular flexibility index (Phi) is 8.27.